The van der Waals surface area contributed by atoms with Gasteiger partial charge in [-0.05, 0) is 18.2 Å². The first kappa shape index (κ1) is 17.8. The van der Waals surface area contributed by atoms with Gasteiger partial charge in [-0.1, -0.05) is 35.5 Å². The Hall–Kier alpha value is -3.62. The quantitative estimate of drug-likeness (QED) is 0.518. The molecule has 0 atom stereocenters. The summed E-state index contributed by atoms with van der Waals surface area (Å²) in [6, 6.07) is 11.8. The molecule has 4 aromatic rings. The smallest absolute Gasteiger partial charge is 0.416 e. The second-order valence-electron chi connectivity index (χ2n) is 5.91. The first-order valence-corrected chi connectivity index (χ1v) is 8.15. The van der Waals surface area contributed by atoms with Crippen LogP contribution in [-0.2, 0) is 17.5 Å². The van der Waals surface area contributed by atoms with E-state index in [9.17, 15) is 18.0 Å². The highest BCUT2D eigenvalue weighted by Crippen LogP contribution is 2.31. The third-order valence-corrected chi connectivity index (χ3v) is 4.05. The van der Waals surface area contributed by atoms with E-state index in [1.807, 2.05) is 12.1 Å². The van der Waals surface area contributed by atoms with Crippen LogP contribution >= 0.6 is 0 Å². The molecule has 0 unspecified atom stereocenters. The van der Waals surface area contributed by atoms with Crippen molar-refractivity contribution in [3.8, 4) is 11.4 Å². The lowest BCUT2D eigenvalue weighted by molar-refractivity contribution is -0.137. The van der Waals surface area contributed by atoms with Crippen LogP contribution in [0.15, 0.2) is 59.3 Å². The first-order chi connectivity index (χ1) is 13.4. The number of hydrogen-bond acceptors (Lipinski definition) is 5. The Morgan fingerprint density at radius 2 is 1.96 bits per heavy atom. The Morgan fingerprint density at radius 3 is 2.79 bits per heavy atom. The van der Waals surface area contributed by atoms with Crippen molar-refractivity contribution in [2.75, 3.05) is 0 Å². The number of carbonyl (C=O) groups is 1. The van der Waals surface area contributed by atoms with Crippen LogP contribution in [0.4, 0.5) is 13.2 Å². The van der Waals surface area contributed by atoms with Gasteiger partial charge in [-0.25, -0.2) is 4.79 Å². The molecule has 4 rings (SSSR count). The molecule has 0 amide bonds. The molecule has 0 spiro atoms. The van der Waals surface area contributed by atoms with Gasteiger partial charge in [0.2, 0.25) is 5.82 Å². The van der Waals surface area contributed by atoms with Crippen molar-refractivity contribution in [3.63, 3.8) is 0 Å². The summed E-state index contributed by atoms with van der Waals surface area (Å²) in [7, 11) is 0. The molecule has 142 valence electrons. The summed E-state index contributed by atoms with van der Waals surface area (Å²) in [5.74, 6) is -0.638. The van der Waals surface area contributed by atoms with E-state index in [4.69, 9.17) is 9.26 Å². The number of H-pyrrole nitrogens is 1. The zero-order valence-electron chi connectivity index (χ0n) is 14.2. The van der Waals surface area contributed by atoms with Gasteiger partial charge in [-0.15, -0.1) is 0 Å². The molecule has 0 fully saturated rings. The van der Waals surface area contributed by atoms with Gasteiger partial charge in [0, 0.05) is 22.7 Å². The molecule has 0 aliphatic carbocycles. The molecule has 0 aliphatic rings. The van der Waals surface area contributed by atoms with Crippen molar-refractivity contribution in [3.05, 3.63) is 71.7 Å². The van der Waals surface area contributed by atoms with Crippen LogP contribution in [0.3, 0.4) is 0 Å². The van der Waals surface area contributed by atoms with Gasteiger partial charge in [0.1, 0.15) is 0 Å². The number of benzene rings is 2. The Bertz CT molecular complexity index is 1150. The van der Waals surface area contributed by atoms with Crippen LogP contribution in [-0.4, -0.2) is 21.1 Å². The van der Waals surface area contributed by atoms with Crippen molar-refractivity contribution in [1.82, 2.24) is 15.1 Å². The van der Waals surface area contributed by atoms with Crippen LogP contribution in [0.25, 0.3) is 22.3 Å². The van der Waals surface area contributed by atoms with Crippen molar-refractivity contribution in [2.45, 2.75) is 12.8 Å². The molecule has 1 N–H and O–H groups in total. The van der Waals surface area contributed by atoms with Crippen LogP contribution in [0.5, 0.6) is 0 Å². The first-order valence-electron chi connectivity index (χ1n) is 8.15. The summed E-state index contributed by atoms with van der Waals surface area (Å²) in [6.07, 6.45) is -2.94. The number of para-hydroxylation sites is 1. The SMILES string of the molecule is O=C(OCc1nc(-c2cccc(C(F)(F)F)c2)no1)c1c[nH]c2ccccc12. The number of hydrogen-bond donors (Lipinski definition) is 1. The highest BCUT2D eigenvalue weighted by molar-refractivity contribution is 6.03. The van der Waals surface area contributed by atoms with Crippen LogP contribution < -0.4 is 0 Å². The second-order valence-corrected chi connectivity index (χ2v) is 5.91. The van der Waals surface area contributed by atoms with Crippen molar-refractivity contribution in [1.29, 1.82) is 0 Å². The minimum atomic E-state index is -4.47. The number of fused-ring (bicyclic) bond motifs is 1. The molecule has 28 heavy (non-hydrogen) atoms. The molecule has 0 aliphatic heterocycles. The highest BCUT2D eigenvalue weighted by atomic mass is 19.4. The molecule has 9 heteroatoms. The summed E-state index contributed by atoms with van der Waals surface area (Å²) >= 11 is 0. The van der Waals surface area contributed by atoms with Gasteiger partial charge in [0.25, 0.3) is 5.89 Å². The van der Waals surface area contributed by atoms with Gasteiger partial charge in [0.15, 0.2) is 6.61 Å². The molecule has 0 bridgehead atoms. The zero-order valence-corrected chi connectivity index (χ0v) is 14.2. The predicted octanol–water partition coefficient (Wildman–Crippen LogP) is 4.59. The number of aromatic amines is 1. The number of esters is 1. The number of nitrogens with one attached hydrogen (secondary N) is 1. The summed E-state index contributed by atoms with van der Waals surface area (Å²) < 4.78 is 48.6. The van der Waals surface area contributed by atoms with Gasteiger partial charge >= 0.3 is 12.1 Å². The normalized spacial score (nSPS) is 11.7. The van der Waals surface area contributed by atoms with Gasteiger partial charge in [-0.3, -0.25) is 0 Å². The number of aromatic nitrogens is 3. The van der Waals surface area contributed by atoms with Crippen molar-refractivity contribution < 1.29 is 27.2 Å². The largest absolute Gasteiger partial charge is 0.452 e. The molecular formula is C19H12F3N3O3. The molecule has 0 radical (unpaired) electrons. The third kappa shape index (κ3) is 3.46. The van der Waals surface area contributed by atoms with E-state index in [0.717, 1.165) is 17.6 Å². The fourth-order valence-electron chi connectivity index (χ4n) is 2.71. The van der Waals surface area contributed by atoms with E-state index in [1.165, 1.54) is 18.3 Å². The molecule has 0 saturated heterocycles. The summed E-state index contributed by atoms with van der Waals surface area (Å²) in [4.78, 5) is 19.2. The summed E-state index contributed by atoms with van der Waals surface area (Å²) in [5.41, 5.74) is 0.474. The average molecular weight is 387 g/mol. The van der Waals surface area contributed by atoms with Crippen molar-refractivity contribution >= 4 is 16.9 Å². The number of alkyl halides is 3. The maximum Gasteiger partial charge on any atom is 0.416 e. The van der Waals surface area contributed by atoms with Gasteiger partial charge in [-0.2, -0.15) is 18.2 Å². The third-order valence-electron chi connectivity index (χ3n) is 4.05. The lowest BCUT2D eigenvalue weighted by atomic mass is 10.1. The fourth-order valence-corrected chi connectivity index (χ4v) is 2.71. The van der Waals surface area contributed by atoms with Gasteiger partial charge in [0.05, 0.1) is 11.1 Å². The number of ether oxygens (including phenoxy) is 1. The van der Waals surface area contributed by atoms with Crippen LogP contribution in [0, 0.1) is 0 Å². The lowest BCUT2D eigenvalue weighted by Gasteiger charge is -2.06. The van der Waals surface area contributed by atoms with E-state index in [0.29, 0.717) is 10.9 Å². The van der Waals surface area contributed by atoms with E-state index in [2.05, 4.69) is 15.1 Å². The standard InChI is InChI=1S/C19H12F3N3O3/c20-19(21,22)12-5-3-4-11(8-12)17-24-16(28-25-17)10-27-18(26)14-9-23-15-7-2-1-6-13(14)15/h1-9,23H,10H2. The minimum absolute atomic E-state index is 0.0238. The van der Waals surface area contributed by atoms with E-state index in [-0.39, 0.29) is 23.9 Å². The molecule has 2 heterocycles. The van der Waals surface area contributed by atoms with E-state index >= 15 is 0 Å². The van der Waals surface area contributed by atoms with Gasteiger partial charge < -0.3 is 14.2 Å². The Morgan fingerprint density at radius 1 is 1.14 bits per heavy atom. The molecule has 2 aromatic heterocycles. The number of halogens is 3. The Labute approximate surface area is 155 Å². The summed E-state index contributed by atoms with van der Waals surface area (Å²) in [5, 5.41) is 4.36. The predicted molar refractivity (Wildman–Crippen MR) is 92.2 cm³/mol. The topological polar surface area (TPSA) is 81.0 Å². The van der Waals surface area contributed by atoms with Crippen LogP contribution in [0.1, 0.15) is 21.8 Å². The Kier molecular flexibility index (Phi) is 4.34. The molecule has 6 nitrogen and oxygen atoms in total. The molecule has 0 saturated carbocycles. The minimum Gasteiger partial charge on any atom is -0.452 e. The Balaban J connectivity index is 1.48. The fraction of sp³-hybridized carbons (Fsp3) is 0.105. The monoisotopic (exact) mass is 387 g/mol. The second kappa shape index (κ2) is 6.84. The van der Waals surface area contributed by atoms with E-state index < -0.39 is 17.7 Å². The van der Waals surface area contributed by atoms with Crippen molar-refractivity contribution in [2.24, 2.45) is 0 Å². The highest BCUT2D eigenvalue weighted by Gasteiger charge is 2.30. The maximum absolute atomic E-state index is 12.8. The summed E-state index contributed by atoms with van der Waals surface area (Å²) in [6.45, 7) is -0.301. The lowest BCUT2D eigenvalue weighted by Crippen LogP contribution is -2.05. The van der Waals surface area contributed by atoms with E-state index in [1.54, 1.807) is 12.1 Å². The maximum atomic E-state index is 12.8. The average Bonchev–Trinajstić information content (AvgIpc) is 3.33. The number of carbonyl (C=O) groups excluding carboxylic acids is 1. The number of nitrogens with zero attached hydrogens (tertiary/aromatic N) is 2. The number of rotatable bonds is 4. The molecular weight excluding hydrogens is 375 g/mol. The zero-order chi connectivity index (χ0) is 19.7. The van der Waals surface area contributed by atoms with Crippen LogP contribution in [0.2, 0.25) is 0 Å². The molecule has 2 aromatic carbocycles.